The van der Waals surface area contributed by atoms with Gasteiger partial charge in [0.25, 0.3) is 5.82 Å². The molecule has 33 heavy (non-hydrogen) atoms. The maximum atomic E-state index is 10.9. The number of ether oxygens (including phenoxy) is 1. The number of halogens is 1. The molecule has 10 nitrogen and oxygen atoms in total. The molecule has 0 spiro atoms. The third-order valence-electron chi connectivity index (χ3n) is 4.48. The van der Waals surface area contributed by atoms with Crippen molar-refractivity contribution >= 4 is 36.6 Å². The Labute approximate surface area is 197 Å². The molecular formula is C20H19ClN4O6PS+. The molecule has 0 saturated heterocycles. The Morgan fingerprint density at radius 3 is 2.79 bits per heavy atom. The summed E-state index contributed by atoms with van der Waals surface area (Å²) in [6, 6.07) is 12.5. The van der Waals surface area contributed by atoms with E-state index < -0.39 is 14.6 Å². The van der Waals surface area contributed by atoms with Crippen LogP contribution in [0.4, 0.5) is 5.82 Å². The number of anilines is 1. The monoisotopic (exact) mass is 509 g/mol. The van der Waals surface area contributed by atoms with E-state index in [1.165, 1.54) is 22.1 Å². The summed E-state index contributed by atoms with van der Waals surface area (Å²) in [5.41, 5.74) is 8.19. The highest BCUT2D eigenvalue weighted by atomic mass is 35.5. The van der Waals surface area contributed by atoms with Crippen LogP contribution in [0.2, 0.25) is 4.34 Å². The Morgan fingerprint density at radius 1 is 1.24 bits per heavy atom. The van der Waals surface area contributed by atoms with Crippen molar-refractivity contribution in [1.82, 2.24) is 10.1 Å². The number of nitrogens with two attached hydrogens (primary N) is 1. The standard InChI is InChI=1S/C20H18ClN4O6PS/c21-18-5-4-15(33-18)11-29-19-6-3-13(10-23-19)8-14-9-17(31-24-14)16-2-1-7-25(20(16)22)12-30-32(26,27)28/h1-7,9-10,22H,8,11-12H2,(H2,26,27,28)/p+1. The summed E-state index contributed by atoms with van der Waals surface area (Å²) in [6.07, 6.45) is 3.72. The van der Waals surface area contributed by atoms with Crippen molar-refractivity contribution in [2.45, 2.75) is 19.8 Å². The molecule has 0 radical (unpaired) electrons. The van der Waals surface area contributed by atoms with Crippen molar-refractivity contribution in [3.8, 4) is 17.2 Å². The van der Waals surface area contributed by atoms with Crippen LogP contribution in [-0.4, -0.2) is 19.9 Å². The summed E-state index contributed by atoms with van der Waals surface area (Å²) in [4.78, 5) is 23.1. The van der Waals surface area contributed by atoms with Gasteiger partial charge in [0.15, 0.2) is 5.76 Å². The lowest BCUT2D eigenvalue weighted by molar-refractivity contribution is -0.711. The lowest BCUT2D eigenvalue weighted by atomic mass is 10.1. The summed E-state index contributed by atoms with van der Waals surface area (Å²) < 4.78 is 28.6. The van der Waals surface area contributed by atoms with Crippen molar-refractivity contribution < 1.29 is 32.7 Å². The number of thiophene rings is 1. The van der Waals surface area contributed by atoms with Crippen LogP contribution in [0, 0.1) is 0 Å². The van der Waals surface area contributed by atoms with Gasteiger partial charge in [0.2, 0.25) is 12.6 Å². The normalized spacial score (nSPS) is 11.6. The molecular weight excluding hydrogens is 491 g/mol. The van der Waals surface area contributed by atoms with Gasteiger partial charge in [-0.2, -0.15) is 0 Å². The average Bonchev–Trinajstić information content (AvgIpc) is 3.41. The Balaban J connectivity index is 1.40. The van der Waals surface area contributed by atoms with Gasteiger partial charge in [0.05, 0.1) is 16.2 Å². The Morgan fingerprint density at radius 2 is 2.09 bits per heavy atom. The molecule has 13 heteroatoms. The molecule has 0 aromatic carbocycles. The van der Waals surface area contributed by atoms with E-state index in [9.17, 15) is 4.57 Å². The molecule has 0 aliphatic carbocycles. The van der Waals surface area contributed by atoms with E-state index in [-0.39, 0.29) is 5.82 Å². The third-order valence-corrected chi connectivity index (χ3v) is 6.13. The summed E-state index contributed by atoms with van der Waals surface area (Å²) >= 11 is 7.38. The summed E-state index contributed by atoms with van der Waals surface area (Å²) in [5.74, 6) is 1.13. The average molecular weight is 510 g/mol. The number of nitrogens with zero attached hydrogens (tertiary/aromatic N) is 3. The number of phosphoric acid groups is 1. The Hall–Kier alpha value is -2.79. The first kappa shape index (κ1) is 23.4. The van der Waals surface area contributed by atoms with E-state index in [2.05, 4.69) is 14.7 Å². The van der Waals surface area contributed by atoms with E-state index in [1.807, 2.05) is 18.2 Å². The van der Waals surface area contributed by atoms with E-state index in [1.54, 1.807) is 30.5 Å². The van der Waals surface area contributed by atoms with E-state index in [0.717, 1.165) is 10.4 Å². The van der Waals surface area contributed by atoms with Gasteiger partial charge in [-0.3, -0.25) is 5.73 Å². The van der Waals surface area contributed by atoms with Gasteiger partial charge in [-0.15, -0.1) is 11.3 Å². The van der Waals surface area contributed by atoms with Crippen LogP contribution in [0.25, 0.3) is 11.3 Å². The molecule has 0 aliphatic rings. The first-order valence-corrected chi connectivity index (χ1v) is 12.3. The van der Waals surface area contributed by atoms with Crippen LogP contribution < -0.4 is 15.0 Å². The van der Waals surface area contributed by atoms with Crippen molar-refractivity contribution in [2.24, 2.45) is 0 Å². The maximum Gasteiger partial charge on any atom is 0.472 e. The number of nitrogen functional groups attached to an aromatic ring is 1. The van der Waals surface area contributed by atoms with Gasteiger partial charge < -0.3 is 19.0 Å². The van der Waals surface area contributed by atoms with E-state index in [4.69, 9.17) is 36.4 Å². The van der Waals surface area contributed by atoms with Gasteiger partial charge in [-0.25, -0.2) is 18.6 Å². The fourth-order valence-electron chi connectivity index (χ4n) is 2.93. The van der Waals surface area contributed by atoms with Crippen LogP contribution in [0.15, 0.2) is 59.4 Å². The molecule has 4 heterocycles. The fraction of sp³-hybridized carbons (Fsp3) is 0.150. The van der Waals surface area contributed by atoms with Crippen molar-refractivity contribution in [1.29, 1.82) is 0 Å². The first-order valence-electron chi connectivity index (χ1n) is 9.53. The van der Waals surface area contributed by atoms with Crippen LogP contribution in [0.3, 0.4) is 0 Å². The van der Waals surface area contributed by atoms with E-state index in [0.29, 0.717) is 40.3 Å². The SMILES string of the molecule is Nc1c(-c2cc(Cc3ccc(OCc4ccc(Cl)s4)nc3)no2)ccc[n+]1COP(=O)(O)O. The van der Waals surface area contributed by atoms with Gasteiger partial charge in [0.1, 0.15) is 12.2 Å². The molecule has 0 unspecified atom stereocenters. The van der Waals surface area contributed by atoms with Gasteiger partial charge in [-0.1, -0.05) is 22.8 Å². The number of phosphoric ester groups is 1. The third kappa shape index (κ3) is 6.38. The maximum absolute atomic E-state index is 10.9. The second-order valence-corrected chi connectivity index (χ2v) is 9.92. The van der Waals surface area contributed by atoms with Crippen molar-refractivity contribution in [3.63, 3.8) is 0 Å². The molecule has 0 bridgehead atoms. The Kier molecular flexibility index (Phi) is 7.08. The minimum Gasteiger partial charge on any atom is -0.472 e. The highest BCUT2D eigenvalue weighted by Gasteiger charge is 2.20. The lowest BCUT2D eigenvalue weighted by Crippen LogP contribution is -2.38. The second kappa shape index (κ2) is 10.0. The molecule has 4 N–H and O–H groups in total. The molecule has 0 atom stereocenters. The predicted molar refractivity (Wildman–Crippen MR) is 120 cm³/mol. The van der Waals surface area contributed by atoms with Crippen molar-refractivity contribution in [2.75, 3.05) is 5.73 Å². The Bertz CT molecular complexity index is 1290. The highest BCUT2D eigenvalue weighted by molar-refractivity contribution is 7.46. The van der Waals surface area contributed by atoms with Crippen LogP contribution in [-0.2, 0) is 28.8 Å². The quantitative estimate of drug-likeness (QED) is 0.228. The topological polar surface area (TPSA) is 145 Å². The molecule has 4 aromatic rings. The summed E-state index contributed by atoms with van der Waals surface area (Å²) in [5, 5.41) is 4.08. The second-order valence-electron chi connectivity index (χ2n) is 6.88. The molecule has 4 aromatic heterocycles. The minimum absolute atomic E-state index is 0.212. The number of aromatic nitrogens is 3. The number of hydrogen-bond acceptors (Lipinski definition) is 8. The number of pyridine rings is 2. The number of rotatable bonds is 9. The van der Waals surface area contributed by atoms with Crippen LogP contribution in [0.1, 0.15) is 16.1 Å². The fourth-order valence-corrected chi connectivity index (χ4v) is 4.20. The molecule has 172 valence electrons. The molecule has 0 aliphatic heterocycles. The first-order chi connectivity index (χ1) is 15.8. The van der Waals surface area contributed by atoms with Gasteiger partial charge in [-0.05, 0) is 29.8 Å². The minimum atomic E-state index is -4.63. The zero-order valence-corrected chi connectivity index (χ0v) is 19.5. The van der Waals surface area contributed by atoms with Crippen LogP contribution in [0.5, 0.6) is 5.88 Å². The largest absolute Gasteiger partial charge is 0.472 e. The van der Waals surface area contributed by atoms with Gasteiger partial charge in [0, 0.05) is 29.6 Å². The van der Waals surface area contributed by atoms with Gasteiger partial charge >= 0.3 is 7.82 Å². The van der Waals surface area contributed by atoms with E-state index >= 15 is 0 Å². The molecule has 0 amide bonds. The molecule has 0 saturated carbocycles. The lowest BCUT2D eigenvalue weighted by Gasteiger charge is -2.07. The molecule has 0 fully saturated rings. The molecule has 4 rings (SSSR count). The number of hydrogen-bond donors (Lipinski definition) is 3. The summed E-state index contributed by atoms with van der Waals surface area (Å²) in [6.45, 7) is -0.0152. The predicted octanol–water partition coefficient (Wildman–Crippen LogP) is 3.56. The summed E-state index contributed by atoms with van der Waals surface area (Å²) in [7, 11) is -4.63. The smallest absolute Gasteiger partial charge is 0.472 e. The highest BCUT2D eigenvalue weighted by Crippen LogP contribution is 2.35. The zero-order valence-electron chi connectivity index (χ0n) is 17.0. The van der Waals surface area contributed by atoms with Crippen LogP contribution >= 0.6 is 30.8 Å². The zero-order chi connectivity index (χ0) is 23.4. The van der Waals surface area contributed by atoms with Crippen molar-refractivity contribution in [3.05, 3.63) is 75.3 Å².